The smallest absolute Gasteiger partial charge is 0.339 e. The number of hydrogen-bond donors (Lipinski definition) is 6. The highest BCUT2D eigenvalue weighted by molar-refractivity contribution is 6.24. The lowest BCUT2D eigenvalue weighted by Crippen LogP contribution is -2.65. The Balaban J connectivity index is 2.03. The normalized spacial score (nSPS) is 27.6. The molecule has 3 aliphatic carbocycles. The summed E-state index contributed by atoms with van der Waals surface area (Å²) in [6, 6.07) is 0.0782. The van der Waals surface area contributed by atoms with Gasteiger partial charge >= 0.3 is 5.97 Å². The zero-order valence-corrected chi connectivity index (χ0v) is 20.1. The van der Waals surface area contributed by atoms with Crippen LogP contribution in [0.1, 0.15) is 27.9 Å². The maximum atomic E-state index is 13.8. The van der Waals surface area contributed by atoms with E-state index in [0.717, 1.165) is 0 Å². The highest BCUT2D eigenvalue weighted by Crippen LogP contribution is 2.54. The molecule has 0 aliphatic heterocycles. The number of ketones is 2. The summed E-state index contributed by atoms with van der Waals surface area (Å²) < 4.78 is 0. The molecule has 1 aromatic carbocycles. The second-order valence-corrected chi connectivity index (χ2v) is 9.81. The number of carboxylic acid groups (broad SMARTS) is 1. The van der Waals surface area contributed by atoms with Gasteiger partial charge in [-0.1, -0.05) is 0 Å². The molecule has 0 spiro atoms. The van der Waals surface area contributed by atoms with Gasteiger partial charge in [-0.25, -0.2) is 4.79 Å². The van der Waals surface area contributed by atoms with E-state index < -0.39 is 75.3 Å². The minimum absolute atomic E-state index is 0.0555. The van der Waals surface area contributed by atoms with E-state index >= 15 is 0 Å². The van der Waals surface area contributed by atoms with Crippen molar-refractivity contribution >= 4 is 34.9 Å². The summed E-state index contributed by atoms with van der Waals surface area (Å²) >= 11 is 0. The van der Waals surface area contributed by atoms with Crippen molar-refractivity contribution in [2.45, 2.75) is 24.5 Å². The first-order valence-corrected chi connectivity index (χ1v) is 11.1. The molecule has 0 aromatic heterocycles. The SMILES string of the molecule is CN(C)c1cc(C(=O)O)c(O)c2c1CC1CC3C(N(C)C)C(=O)C(C(N)=O)=C(O)C3(O)C(=O)C1=C2O. The maximum Gasteiger partial charge on any atom is 0.339 e. The summed E-state index contributed by atoms with van der Waals surface area (Å²) in [5.74, 6) is -9.39. The van der Waals surface area contributed by atoms with Crippen molar-refractivity contribution in [3.05, 3.63) is 39.7 Å². The van der Waals surface area contributed by atoms with E-state index in [-0.39, 0.29) is 24.0 Å². The third-order valence-corrected chi connectivity index (χ3v) is 7.41. The number of carbonyl (C=O) groups is 4. The number of aliphatic hydroxyl groups is 3. The van der Waals surface area contributed by atoms with E-state index in [4.69, 9.17) is 5.73 Å². The number of fused-ring (bicyclic) bond motifs is 3. The molecular formula is C24H27N3O9. The van der Waals surface area contributed by atoms with E-state index in [2.05, 4.69) is 0 Å². The van der Waals surface area contributed by atoms with Crippen molar-refractivity contribution in [3.8, 4) is 5.75 Å². The van der Waals surface area contributed by atoms with Crippen molar-refractivity contribution in [2.75, 3.05) is 33.1 Å². The van der Waals surface area contributed by atoms with E-state index in [9.17, 15) is 44.7 Å². The summed E-state index contributed by atoms with van der Waals surface area (Å²) in [5.41, 5.74) is 1.30. The van der Waals surface area contributed by atoms with E-state index in [0.29, 0.717) is 11.3 Å². The van der Waals surface area contributed by atoms with Gasteiger partial charge in [-0.15, -0.1) is 0 Å². The van der Waals surface area contributed by atoms with Crippen LogP contribution in [0.2, 0.25) is 0 Å². The standard InChI is InChI=1S/C24H27N3O9/c1-26(2)12-7-10(23(34)35)17(28)14-9(12)5-8-6-11-16(27(3)4)19(30)15(22(25)33)21(32)24(11,36)20(31)13(8)18(14)29/h7-8,11,16,28-29,32,36H,5-6H2,1-4H3,(H2,25,33)(H,34,35). The summed E-state index contributed by atoms with van der Waals surface area (Å²) in [6.07, 6.45) is 0.00951. The molecule has 12 heteroatoms. The van der Waals surface area contributed by atoms with Crippen molar-refractivity contribution in [3.63, 3.8) is 0 Å². The van der Waals surface area contributed by atoms with Crippen LogP contribution in [0.4, 0.5) is 5.69 Å². The predicted molar refractivity (Wildman–Crippen MR) is 126 cm³/mol. The molecule has 3 aliphatic rings. The molecule has 7 N–H and O–H groups in total. The quantitative estimate of drug-likeness (QED) is 0.296. The second kappa shape index (κ2) is 8.07. The number of carboxylic acids is 1. The van der Waals surface area contributed by atoms with E-state index in [1.807, 2.05) is 0 Å². The van der Waals surface area contributed by atoms with Crippen LogP contribution in [0.25, 0.3) is 5.76 Å². The van der Waals surface area contributed by atoms with Crippen LogP contribution >= 0.6 is 0 Å². The number of likely N-dealkylation sites (N-methyl/N-ethyl adjacent to an activating group) is 1. The number of amides is 1. The Morgan fingerprint density at radius 1 is 1.11 bits per heavy atom. The second-order valence-electron chi connectivity index (χ2n) is 9.81. The predicted octanol–water partition coefficient (Wildman–Crippen LogP) is -0.272. The van der Waals surface area contributed by atoms with Gasteiger partial charge in [0.15, 0.2) is 11.4 Å². The van der Waals surface area contributed by atoms with Crippen LogP contribution < -0.4 is 10.6 Å². The van der Waals surface area contributed by atoms with Gasteiger partial charge in [0.05, 0.1) is 11.6 Å². The van der Waals surface area contributed by atoms with Crippen LogP contribution in [-0.2, 0) is 20.8 Å². The molecule has 1 amide bonds. The van der Waals surface area contributed by atoms with Crippen molar-refractivity contribution in [2.24, 2.45) is 17.6 Å². The number of hydrogen-bond acceptors (Lipinski definition) is 10. The monoisotopic (exact) mass is 501 g/mol. The number of primary amides is 1. The average molecular weight is 501 g/mol. The van der Waals surface area contributed by atoms with Gasteiger partial charge in [0.1, 0.15) is 28.4 Å². The van der Waals surface area contributed by atoms with Crippen LogP contribution in [0.3, 0.4) is 0 Å². The molecule has 0 radical (unpaired) electrons. The summed E-state index contributed by atoms with van der Waals surface area (Å²) in [5, 5.41) is 53.9. The number of Topliss-reactive ketones (excluding diaryl/α,β-unsaturated/α-hetero) is 2. The molecule has 192 valence electrons. The van der Waals surface area contributed by atoms with Gasteiger partial charge in [-0.05, 0) is 44.5 Å². The number of aromatic carboxylic acids is 1. The topological polar surface area (TPSA) is 202 Å². The van der Waals surface area contributed by atoms with Gasteiger partial charge in [0, 0.05) is 31.3 Å². The number of benzene rings is 1. The number of nitrogens with two attached hydrogens (primary N) is 1. The summed E-state index contributed by atoms with van der Waals surface area (Å²) in [7, 11) is 6.33. The summed E-state index contributed by atoms with van der Waals surface area (Å²) in [4.78, 5) is 53.7. The average Bonchev–Trinajstić information content (AvgIpc) is 2.75. The Hall–Kier alpha value is -3.90. The van der Waals surface area contributed by atoms with Gasteiger partial charge in [-0.2, -0.15) is 0 Å². The number of anilines is 1. The van der Waals surface area contributed by atoms with Gasteiger partial charge in [-0.3, -0.25) is 19.3 Å². The van der Waals surface area contributed by atoms with E-state index in [1.165, 1.54) is 25.1 Å². The number of nitrogens with zero attached hydrogens (tertiary/aromatic N) is 2. The zero-order valence-electron chi connectivity index (χ0n) is 20.1. The molecule has 0 bridgehead atoms. The molecule has 36 heavy (non-hydrogen) atoms. The van der Waals surface area contributed by atoms with Gasteiger partial charge in [0.2, 0.25) is 5.78 Å². The Morgan fingerprint density at radius 2 is 1.72 bits per heavy atom. The first-order chi connectivity index (χ1) is 16.7. The molecule has 1 saturated carbocycles. The molecule has 0 heterocycles. The third kappa shape index (κ3) is 3.14. The first kappa shape index (κ1) is 25.2. The van der Waals surface area contributed by atoms with Crippen molar-refractivity contribution in [1.29, 1.82) is 0 Å². The number of aliphatic hydroxyl groups excluding tert-OH is 2. The zero-order chi connectivity index (χ0) is 27.0. The van der Waals surface area contributed by atoms with E-state index in [1.54, 1.807) is 19.0 Å². The molecule has 4 rings (SSSR count). The number of phenols is 1. The number of rotatable bonds is 4. The molecule has 4 unspecified atom stereocenters. The van der Waals surface area contributed by atoms with Crippen molar-refractivity contribution < 1.29 is 44.7 Å². The first-order valence-electron chi connectivity index (χ1n) is 11.1. The maximum absolute atomic E-state index is 13.8. The Kier molecular flexibility index (Phi) is 5.65. The molecule has 0 saturated heterocycles. The highest BCUT2D eigenvalue weighted by atomic mass is 16.4. The molecule has 12 nitrogen and oxygen atoms in total. The molecule has 4 atom stereocenters. The lowest BCUT2D eigenvalue weighted by molar-refractivity contribution is -0.153. The lowest BCUT2D eigenvalue weighted by Gasteiger charge is -2.50. The van der Waals surface area contributed by atoms with Crippen LogP contribution in [0, 0.1) is 11.8 Å². The fraction of sp³-hybridized carbons (Fsp3) is 0.417. The van der Waals surface area contributed by atoms with Crippen molar-refractivity contribution in [1.82, 2.24) is 4.90 Å². The van der Waals surface area contributed by atoms with Crippen LogP contribution in [0.5, 0.6) is 5.75 Å². The molecule has 1 aromatic rings. The molecular weight excluding hydrogens is 474 g/mol. The highest BCUT2D eigenvalue weighted by Gasteiger charge is 2.64. The molecule has 1 fully saturated rings. The van der Waals surface area contributed by atoms with Gasteiger partial charge in [0.25, 0.3) is 5.91 Å². The number of aromatic hydroxyl groups is 1. The lowest BCUT2D eigenvalue weighted by atomic mass is 9.57. The van der Waals surface area contributed by atoms with Crippen LogP contribution in [-0.4, -0.2) is 93.7 Å². The Morgan fingerprint density at radius 3 is 2.22 bits per heavy atom. The minimum atomic E-state index is -2.76. The minimum Gasteiger partial charge on any atom is -0.508 e. The summed E-state index contributed by atoms with van der Waals surface area (Å²) in [6.45, 7) is 0. The largest absolute Gasteiger partial charge is 0.508 e. The third-order valence-electron chi connectivity index (χ3n) is 7.41. The fourth-order valence-corrected chi connectivity index (χ4v) is 5.85. The Labute approximate surface area is 205 Å². The van der Waals surface area contributed by atoms with Crippen LogP contribution in [0.15, 0.2) is 23.0 Å². The van der Waals surface area contributed by atoms with Gasteiger partial charge < -0.3 is 36.2 Å². The Bertz CT molecular complexity index is 1310. The fourth-order valence-electron chi connectivity index (χ4n) is 5.85. The number of carbonyl (C=O) groups excluding carboxylic acids is 3.